The highest BCUT2D eigenvalue weighted by molar-refractivity contribution is 5.85. The number of hydrogen-bond donors (Lipinski definition) is 1. The van der Waals surface area contributed by atoms with Crippen molar-refractivity contribution in [3.05, 3.63) is 11.6 Å². The van der Waals surface area contributed by atoms with Crippen LogP contribution in [0, 0.1) is 0 Å². The zero-order valence-corrected chi connectivity index (χ0v) is 10.5. The van der Waals surface area contributed by atoms with Gasteiger partial charge in [0, 0.05) is 45.2 Å². The van der Waals surface area contributed by atoms with Gasteiger partial charge in [-0.3, -0.25) is 9.69 Å². The average molecular weight is 240 g/mol. The first-order valence-electron chi connectivity index (χ1n) is 5.88. The van der Waals surface area contributed by atoms with Crippen molar-refractivity contribution in [1.29, 1.82) is 0 Å². The number of hydrogen-bond acceptors (Lipinski definition) is 3. The Morgan fingerprint density at radius 2 is 1.88 bits per heavy atom. The second-order valence-corrected chi connectivity index (χ2v) is 4.35. The summed E-state index contributed by atoms with van der Waals surface area (Å²) in [4.78, 5) is 25.9. The minimum absolute atomic E-state index is 0.115. The second kappa shape index (κ2) is 6.39. The van der Waals surface area contributed by atoms with Gasteiger partial charge >= 0.3 is 5.97 Å². The molecule has 1 saturated heterocycles. The molecule has 1 heterocycles. The van der Waals surface area contributed by atoms with E-state index < -0.39 is 5.97 Å². The van der Waals surface area contributed by atoms with E-state index in [2.05, 4.69) is 4.90 Å². The molecule has 0 radical (unpaired) electrons. The van der Waals surface area contributed by atoms with Crippen LogP contribution in [0.1, 0.15) is 20.3 Å². The van der Waals surface area contributed by atoms with E-state index in [1.54, 1.807) is 19.9 Å². The predicted octanol–water partition coefficient (Wildman–Crippen LogP) is 0.572. The highest BCUT2D eigenvalue weighted by atomic mass is 16.4. The SMILES string of the molecule is CC(=O)N1CCCN(CC=C(C)C(=O)O)CC1. The summed E-state index contributed by atoms with van der Waals surface area (Å²) in [5.74, 6) is -0.755. The maximum absolute atomic E-state index is 11.2. The van der Waals surface area contributed by atoms with Gasteiger partial charge < -0.3 is 10.0 Å². The summed E-state index contributed by atoms with van der Waals surface area (Å²) in [5, 5.41) is 8.74. The Bertz CT molecular complexity index is 326. The molecule has 17 heavy (non-hydrogen) atoms. The van der Waals surface area contributed by atoms with Crippen molar-refractivity contribution in [1.82, 2.24) is 9.80 Å². The molecule has 0 atom stereocenters. The average Bonchev–Trinajstić information content (AvgIpc) is 2.50. The molecule has 0 unspecified atom stereocenters. The van der Waals surface area contributed by atoms with Crippen LogP contribution in [0.3, 0.4) is 0 Å². The molecule has 1 N–H and O–H groups in total. The third-order valence-corrected chi connectivity index (χ3v) is 3.03. The summed E-state index contributed by atoms with van der Waals surface area (Å²) in [6, 6.07) is 0. The largest absolute Gasteiger partial charge is 0.478 e. The van der Waals surface area contributed by atoms with Crippen molar-refractivity contribution in [2.45, 2.75) is 20.3 Å². The molecule has 5 nitrogen and oxygen atoms in total. The number of carbonyl (C=O) groups is 2. The lowest BCUT2D eigenvalue weighted by atomic mass is 10.2. The molecule has 0 aliphatic carbocycles. The molecule has 0 bridgehead atoms. The lowest BCUT2D eigenvalue weighted by molar-refractivity contribution is -0.132. The van der Waals surface area contributed by atoms with Crippen LogP contribution in [0.2, 0.25) is 0 Å². The fraction of sp³-hybridized carbons (Fsp3) is 0.667. The standard InChI is InChI=1S/C12H20N2O3/c1-10(12(16)17)4-7-13-5-3-6-14(9-8-13)11(2)15/h4H,3,5-9H2,1-2H3,(H,16,17). The zero-order chi connectivity index (χ0) is 12.8. The van der Waals surface area contributed by atoms with Gasteiger partial charge in [0.1, 0.15) is 0 Å². The van der Waals surface area contributed by atoms with Crippen LogP contribution in [0.25, 0.3) is 0 Å². The molecule has 1 aliphatic rings. The first kappa shape index (κ1) is 13.7. The number of carboxylic acid groups (broad SMARTS) is 1. The van der Waals surface area contributed by atoms with E-state index in [-0.39, 0.29) is 5.91 Å². The highest BCUT2D eigenvalue weighted by Crippen LogP contribution is 2.04. The van der Waals surface area contributed by atoms with E-state index in [9.17, 15) is 9.59 Å². The number of aliphatic carboxylic acids is 1. The van der Waals surface area contributed by atoms with Crippen molar-refractivity contribution < 1.29 is 14.7 Å². The van der Waals surface area contributed by atoms with Gasteiger partial charge in [-0.15, -0.1) is 0 Å². The number of rotatable bonds is 3. The summed E-state index contributed by atoms with van der Waals surface area (Å²) in [5.41, 5.74) is 0.373. The van der Waals surface area contributed by atoms with E-state index in [1.165, 1.54) is 0 Å². The van der Waals surface area contributed by atoms with Gasteiger partial charge in [0.05, 0.1) is 0 Å². The Labute approximate surface area is 102 Å². The van der Waals surface area contributed by atoms with Gasteiger partial charge in [-0.2, -0.15) is 0 Å². The minimum Gasteiger partial charge on any atom is -0.478 e. The first-order valence-corrected chi connectivity index (χ1v) is 5.88. The number of carboxylic acids is 1. The normalized spacial score (nSPS) is 18.9. The summed E-state index contributed by atoms with van der Waals surface area (Å²) >= 11 is 0. The fourth-order valence-electron chi connectivity index (χ4n) is 1.82. The Morgan fingerprint density at radius 1 is 1.18 bits per heavy atom. The van der Waals surface area contributed by atoms with Gasteiger partial charge in [0.2, 0.25) is 5.91 Å². The molecule has 5 heteroatoms. The van der Waals surface area contributed by atoms with Crippen molar-refractivity contribution in [2.24, 2.45) is 0 Å². The third kappa shape index (κ3) is 4.56. The lowest BCUT2D eigenvalue weighted by Gasteiger charge is -2.19. The smallest absolute Gasteiger partial charge is 0.330 e. The number of carbonyl (C=O) groups excluding carboxylic acids is 1. The monoisotopic (exact) mass is 240 g/mol. The van der Waals surface area contributed by atoms with Gasteiger partial charge in [-0.05, 0) is 13.3 Å². The number of amides is 1. The molecule has 0 saturated carbocycles. The highest BCUT2D eigenvalue weighted by Gasteiger charge is 2.15. The topological polar surface area (TPSA) is 60.9 Å². The lowest BCUT2D eigenvalue weighted by Crippen LogP contribution is -2.33. The quantitative estimate of drug-likeness (QED) is 0.733. The van der Waals surface area contributed by atoms with Crippen LogP contribution < -0.4 is 0 Å². The van der Waals surface area contributed by atoms with Crippen LogP contribution in [0.15, 0.2) is 11.6 Å². The molecular formula is C12H20N2O3. The van der Waals surface area contributed by atoms with Crippen molar-refractivity contribution in [3.8, 4) is 0 Å². The van der Waals surface area contributed by atoms with Crippen molar-refractivity contribution in [2.75, 3.05) is 32.7 Å². The molecule has 1 fully saturated rings. The van der Waals surface area contributed by atoms with Crippen LogP contribution in [-0.2, 0) is 9.59 Å². The van der Waals surface area contributed by atoms with Crippen LogP contribution >= 0.6 is 0 Å². The minimum atomic E-state index is -0.870. The molecule has 1 rings (SSSR count). The van der Waals surface area contributed by atoms with Crippen molar-refractivity contribution >= 4 is 11.9 Å². The van der Waals surface area contributed by atoms with Crippen LogP contribution in [0.5, 0.6) is 0 Å². The molecule has 1 aliphatic heterocycles. The van der Waals surface area contributed by atoms with Crippen molar-refractivity contribution in [3.63, 3.8) is 0 Å². The van der Waals surface area contributed by atoms with E-state index in [4.69, 9.17) is 5.11 Å². The molecule has 1 amide bonds. The fourth-order valence-corrected chi connectivity index (χ4v) is 1.82. The second-order valence-electron chi connectivity index (χ2n) is 4.35. The van der Waals surface area contributed by atoms with Gasteiger partial charge in [-0.25, -0.2) is 4.79 Å². The maximum Gasteiger partial charge on any atom is 0.330 e. The summed E-state index contributed by atoms with van der Waals surface area (Å²) in [6.45, 7) is 7.08. The van der Waals surface area contributed by atoms with Gasteiger partial charge in [0.15, 0.2) is 0 Å². The van der Waals surface area contributed by atoms with Gasteiger partial charge in [-0.1, -0.05) is 6.08 Å². The van der Waals surface area contributed by atoms with Crippen LogP contribution in [-0.4, -0.2) is 59.5 Å². The molecule has 0 spiro atoms. The summed E-state index contributed by atoms with van der Waals surface area (Å²) in [7, 11) is 0. The molecule has 96 valence electrons. The van der Waals surface area contributed by atoms with Gasteiger partial charge in [0.25, 0.3) is 0 Å². The third-order valence-electron chi connectivity index (χ3n) is 3.03. The predicted molar refractivity (Wildman–Crippen MR) is 64.7 cm³/mol. The number of nitrogens with zero attached hydrogens (tertiary/aromatic N) is 2. The maximum atomic E-state index is 11.2. The van der Waals surface area contributed by atoms with E-state index in [0.717, 1.165) is 32.6 Å². The van der Waals surface area contributed by atoms with Crippen LogP contribution in [0.4, 0.5) is 0 Å². The molecule has 0 aromatic heterocycles. The Hall–Kier alpha value is -1.36. The van der Waals surface area contributed by atoms with E-state index >= 15 is 0 Å². The Morgan fingerprint density at radius 3 is 2.47 bits per heavy atom. The van der Waals surface area contributed by atoms with E-state index in [1.807, 2.05) is 4.90 Å². The summed E-state index contributed by atoms with van der Waals surface area (Å²) in [6.07, 6.45) is 2.67. The first-order chi connectivity index (χ1) is 8.00. The summed E-state index contributed by atoms with van der Waals surface area (Å²) < 4.78 is 0. The Balaban J connectivity index is 2.44. The molecular weight excluding hydrogens is 220 g/mol. The van der Waals surface area contributed by atoms with E-state index in [0.29, 0.717) is 12.1 Å². The Kier molecular flexibility index (Phi) is 5.15. The zero-order valence-electron chi connectivity index (χ0n) is 10.5. The molecule has 0 aromatic rings. The molecule has 0 aromatic carbocycles.